The lowest BCUT2D eigenvalue weighted by Gasteiger charge is -2.14. The Morgan fingerprint density at radius 1 is 1.45 bits per heavy atom. The van der Waals surface area contributed by atoms with Gasteiger partial charge >= 0.3 is 0 Å². The molecule has 22 heavy (non-hydrogen) atoms. The van der Waals surface area contributed by atoms with Gasteiger partial charge in [0.15, 0.2) is 5.16 Å². The summed E-state index contributed by atoms with van der Waals surface area (Å²) in [5, 5.41) is 0.897. The fraction of sp³-hybridized carbons (Fsp3) is 0.412. The van der Waals surface area contributed by atoms with E-state index in [-0.39, 0.29) is 5.43 Å². The lowest BCUT2D eigenvalue weighted by Crippen LogP contribution is -2.15. The lowest BCUT2D eigenvalue weighted by atomic mass is 9.98. The average Bonchev–Trinajstić information content (AvgIpc) is 2.84. The van der Waals surface area contributed by atoms with Crippen molar-refractivity contribution >= 4 is 33.4 Å². The number of nitrogens with zero attached hydrogens (tertiary/aromatic N) is 2. The Hall–Kier alpha value is -1.33. The van der Waals surface area contributed by atoms with Crippen LogP contribution in [0.5, 0.6) is 0 Å². The molecular formula is C17H20N2OS2. The fourth-order valence-corrected chi connectivity index (χ4v) is 4.96. The van der Waals surface area contributed by atoms with Crippen LogP contribution in [0.25, 0.3) is 10.3 Å². The second-order valence-electron chi connectivity index (χ2n) is 5.73. The van der Waals surface area contributed by atoms with Crippen molar-refractivity contribution in [2.75, 3.05) is 5.75 Å². The molecule has 0 spiro atoms. The summed E-state index contributed by atoms with van der Waals surface area (Å²) in [5.74, 6) is 0.818. The Labute approximate surface area is 138 Å². The van der Waals surface area contributed by atoms with Crippen molar-refractivity contribution in [3.05, 3.63) is 45.5 Å². The maximum absolute atomic E-state index is 12.8. The summed E-state index contributed by atoms with van der Waals surface area (Å²) in [5.41, 5.74) is 2.89. The van der Waals surface area contributed by atoms with E-state index < -0.39 is 0 Å². The molecule has 0 atom stereocenters. The number of imidazole rings is 1. The van der Waals surface area contributed by atoms with E-state index in [4.69, 9.17) is 0 Å². The summed E-state index contributed by atoms with van der Waals surface area (Å²) in [7, 11) is 0. The largest absolute Gasteiger partial charge is 0.307 e. The third-order valence-corrected chi connectivity index (χ3v) is 6.28. The van der Waals surface area contributed by atoms with Gasteiger partial charge in [-0.05, 0) is 32.6 Å². The zero-order valence-corrected chi connectivity index (χ0v) is 14.5. The summed E-state index contributed by atoms with van der Waals surface area (Å²) in [6, 6.07) is 0. The molecule has 0 radical (unpaired) electrons. The van der Waals surface area contributed by atoms with Crippen molar-refractivity contribution in [2.45, 2.75) is 44.3 Å². The smallest absolute Gasteiger partial charge is 0.211 e. The van der Waals surface area contributed by atoms with E-state index in [1.165, 1.54) is 11.3 Å². The molecular weight excluding hydrogens is 312 g/mol. The highest BCUT2D eigenvalue weighted by atomic mass is 32.2. The maximum atomic E-state index is 12.8. The third kappa shape index (κ3) is 2.79. The molecule has 1 aliphatic carbocycles. The first-order valence-electron chi connectivity index (χ1n) is 7.55. The van der Waals surface area contributed by atoms with Crippen LogP contribution in [0.3, 0.4) is 0 Å². The summed E-state index contributed by atoms with van der Waals surface area (Å²) in [4.78, 5) is 19.7. The molecule has 5 heteroatoms. The zero-order chi connectivity index (χ0) is 15.7. The quantitative estimate of drug-likeness (QED) is 0.608. The molecule has 3 rings (SSSR count). The molecule has 116 valence electrons. The molecule has 2 aromatic heterocycles. The van der Waals surface area contributed by atoms with E-state index in [9.17, 15) is 4.79 Å². The lowest BCUT2D eigenvalue weighted by molar-refractivity contribution is 0.692. The molecule has 0 saturated carbocycles. The molecule has 0 bridgehead atoms. The van der Waals surface area contributed by atoms with Gasteiger partial charge in [-0.3, -0.25) is 4.79 Å². The highest BCUT2D eigenvalue weighted by Gasteiger charge is 2.21. The van der Waals surface area contributed by atoms with Gasteiger partial charge in [0.1, 0.15) is 10.3 Å². The van der Waals surface area contributed by atoms with Gasteiger partial charge in [0.05, 0.1) is 0 Å². The Morgan fingerprint density at radius 2 is 2.23 bits per heavy atom. The van der Waals surface area contributed by atoms with Crippen LogP contribution in [0.4, 0.5) is 0 Å². The van der Waals surface area contributed by atoms with E-state index >= 15 is 0 Å². The Bertz CT molecular complexity index is 801. The third-order valence-electron chi connectivity index (χ3n) is 3.77. The molecule has 0 fully saturated rings. The van der Waals surface area contributed by atoms with Crippen LogP contribution in [0.15, 0.2) is 34.8 Å². The predicted molar refractivity (Wildman–Crippen MR) is 96.3 cm³/mol. The minimum Gasteiger partial charge on any atom is -0.307 e. The van der Waals surface area contributed by atoms with Crippen LogP contribution >= 0.6 is 23.1 Å². The van der Waals surface area contributed by atoms with Gasteiger partial charge in [-0.2, -0.15) is 0 Å². The number of aryl methyl sites for hydroxylation is 1. The van der Waals surface area contributed by atoms with E-state index in [0.717, 1.165) is 46.1 Å². The van der Waals surface area contributed by atoms with Crippen molar-refractivity contribution < 1.29 is 0 Å². The SMILES string of the molecule is C=CCn1c(SCC(=C)C)nc2c(=O)c3c(sc21)CCCC3. The van der Waals surface area contributed by atoms with Gasteiger partial charge in [0.25, 0.3) is 0 Å². The molecule has 2 aromatic rings. The topological polar surface area (TPSA) is 34.9 Å². The highest BCUT2D eigenvalue weighted by molar-refractivity contribution is 7.99. The van der Waals surface area contributed by atoms with Gasteiger partial charge in [-0.1, -0.05) is 30.0 Å². The van der Waals surface area contributed by atoms with Crippen LogP contribution in [0.1, 0.15) is 30.2 Å². The fourth-order valence-electron chi connectivity index (χ4n) is 2.75. The van der Waals surface area contributed by atoms with Gasteiger partial charge in [0, 0.05) is 22.7 Å². The number of aromatic nitrogens is 2. The molecule has 1 aliphatic rings. The summed E-state index contributed by atoms with van der Waals surface area (Å²) in [6.45, 7) is 10.5. The van der Waals surface area contributed by atoms with E-state index in [1.54, 1.807) is 23.1 Å². The molecule has 0 amide bonds. The number of rotatable bonds is 5. The number of hydrogen-bond acceptors (Lipinski definition) is 4. The van der Waals surface area contributed by atoms with Crippen LogP contribution in [-0.2, 0) is 19.4 Å². The minimum absolute atomic E-state index is 0.142. The number of hydrogen-bond donors (Lipinski definition) is 0. The Morgan fingerprint density at radius 3 is 2.95 bits per heavy atom. The number of allylic oxidation sites excluding steroid dienone is 1. The van der Waals surface area contributed by atoms with Crippen LogP contribution in [-0.4, -0.2) is 15.3 Å². The minimum atomic E-state index is 0.142. The molecule has 0 saturated heterocycles. The molecule has 2 heterocycles. The molecule has 0 unspecified atom stereocenters. The van der Waals surface area contributed by atoms with Crippen LogP contribution < -0.4 is 5.43 Å². The van der Waals surface area contributed by atoms with Gasteiger partial charge in [-0.25, -0.2) is 4.98 Å². The first-order valence-corrected chi connectivity index (χ1v) is 9.35. The maximum Gasteiger partial charge on any atom is 0.211 e. The average molecular weight is 332 g/mol. The van der Waals surface area contributed by atoms with E-state index in [2.05, 4.69) is 22.7 Å². The van der Waals surface area contributed by atoms with Crippen molar-refractivity contribution in [3.63, 3.8) is 0 Å². The Kier molecular flexibility index (Phi) is 4.54. The summed E-state index contributed by atoms with van der Waals surface area (Å²) in [6.07, 6.45) is 6.09. The Balaban J connectivity index is 2.18. The summed E-state index contributed by atoms with van der Waals surface area (Å²) < 4.78 is 2.12. The number of thioether (sulfide) groups is 1. The van der Waals surface area contributed by atoms with Crippen LogP contribution in [0, 0.1) is 0 Å². The standard InChI is InChI=1S/C17H20N2OS2/c1-4-9-19-16-14(18-17(19)21-10-11(2)3)15(20)12-7-5-6-8-13(12)22-16/h4H,1-2,5-10H2,3H3. The van der Waals surface area contributed by atoms with Crippen molar-refractivity contribution in [2.24, 2.45) is 0 Å². The molecule has 0 aromatic carbocycles. The second-order valence-corrected chi connectivity index (χ2v) is 7.76. The van der Waals surface area contributed by atoms with E-state index in [0.29, 0.717) is 12.1 Å². The summed E-state index contributed by atoms with van der Waals surface area (Å²) >= 11 is 3.39. The monoisotopic (exact) mass is 332 g/mol. The van der Waals surface area contributed by atoms with Gasteiger partial charge in [-0.15, -0.1) is 17.9 Å². The van der Waals surface area contributed by atoms with Gasteiger partial charge < -0.3 is 4.57 Å². The van der Waals surface area contributed by atoms with Crippen molar-refractivity contribution in [1.29, 1.82) is 0 Å². The number of fused-ring (bicyclic) bond motifs is 2. The van der Waals surface area contributed by atoms with Crippen LogP contribution in [0.2, 0.25) is 0 Å². The predicted octanol–water partition coefficient (Wildman–Crippen LogP) is 4.19. The molecule has 0 N–H and O–H groups in total. The molecule has 3 nitrogen and oxygen atoms in total. The van der Waals surface area contributed by atoms with Gasteiger partial charge in [0.2, 0.25) is 5.43 Å². The molecule has 0 aliphatic heterocycles. The van der Waals surface area contributed by atoms with E-state index in [1.807, 2.05) is 13.0 Å². The first kappa shape index (κ1) is 15.6. The second kappa shape index (κ2) is 6.42. The normalized spacial score (nSPS) is 14.0. The van der Waals surface area contributed by atoms with Crippen molar-refractivity contribution in [3.8, 4) is 0 Å². The zero-order valence-electron chi connectivity index (χ0n) is 12.9. The first-order chi connectivity index (χ1) is 10.6. The van der Waals surface area contributed by atoms with Crippen molar-refractivity contribution in [1.82, 2.24) is 9.55 Å². The highest BCUT2D eigenvalue weighted by Crippen LogP contribution is 2.31.